The van der Waals surface area contributed by atoms with Gasteiger partial charge in [0.05, 0.1) is 0 Å². The van der Waals surface area contributed by atoms with E-state index >= 15 is 0 Å². The van der Waals surface area contributed by atoms with E-state index in [4.69, 9.17) is 9.15 Å². The van der Waals surface area contributed by atoms with Crippen molar-refractivity contribution in [2.24, 2.45) is 0 Å². The van der Waals surface area contributed by atoms with Crippen molar-refractivity contribution in [2.75, 3.05) is 6.26 Å². The normalized spacial score (nSPS) is 10.7. The van der Waals surface area contributed by atoms with Crippen molar-refractivity contribution < 1.29 is 9.15 Å². The molecule has 0 bridgehead atoms. The van der Waals surface area contributed by atoms with Crippen molar-refractivity contribution in [3.8, 4) is 5.75 Å². The van der Waals surface area contributed by atoms with Gasteiger partial charge in [-0.1, -0.05) is 12.1 Å². The second-order valence-electron chi connectivity index (χ2n) is 4.59. The number of hydrogen-bond acceptors (Lipinski definition) is 4. The topological polar surface area (TPSA) is 39.4 Å². The maximum absolute atomic E-state index is 11.2. The summed E-state index contributed by atoms with van der Waals surface area (Å²) < 4.78 is 10.9. The highest BCUT2D eigenvalue weighted by Crippen LogP contribution is 2.21. The highest BCUT2D eigenvalue weighted by molar-refractivity contribution is 7.98. The molecule has 3 aromatic rings. The molecule has 106 valence electrons. The fourth-order valence-electron chi connectivity index (χ4n) is 2.02. The van der Waals surface area contributed by atoms with Gasteiger partial charge in [-0.2, -0.15) is 0 Å². The Morgan fingerprint density at radius 2 is 1.81 bits per heavy atom. The first kappa shape index (κ1) is 13.8. The first-order valence-electron chi connectivity index (χ1n) is 6.54. The summed E-state index contributed by atoms with van der Waals surface area (Å²) in [5.74, 6) is 0.686. The van der Waals surface area contributed by atoms with E-state index in [0.29, 0.717) is 17.9 Å². The molecule has 0 saturated carbocycles. The van der Waals surface area contributed by atoms with Gasteiger partial charge >= 0.3 is 5.63 Å². The van der Waals surface area contributed by atoms with E-state index in [1.807, 2.05) is 30.5 Å². The monoisotopic (exact) mass is 298 g/mol. The SMILES string of the molecule is CSc1ccc(COc2ccc3ccc(=O)oc3c2)cc1. The number of benzene rings is 2. The number of hydrogen-bond donors (Lipinski definition) is 0. The fourth-order valence-corrected chi connectivity index (χ4v) is 2.43. The second-order valence-corrected chi connectivity index (χ2v) is 5.47. The zero-order valence-electron chi connectivity index (χ0n) is 11.5. The van der Waals surface area contributed by atoms with Crippen molar-refractivity contribution in [3.63, 3.8) is 0 Å². The van der Waals surface area contributed by atoms with E-state index < -0.39 is 0 Å². The van der Waals surface area contributed by atoms with Gasteiger partial charge in [0.1, 0.15) is 17.9 Å². The molecule has 21 heavy (non-hydrogen) atoms. The highest BCUT2D eigenvalue weighted by Gasteiger charge is 2.01. The molecule has 0 radical (unpaired) electrons. The van der Waals surface area contributed by atoms with E-state index in [0.717, 1.165) is 10.9 Å². The van der Waals surface area contributed by atoms with Crippen LogP contribution < -0.4 is 10.4 Å². The summed E-state index contributed by atoms with van der Waals surface area (Å²) in [5.41, 5.74) is 1.28. The average Bonchev–Trinajstić information content (AvgIpc) is 2.53. The van der Waals surface area contributed by atoms with Crippen LogP contribution in [0.25, 0.3) is 11.0 Å². The van der Waals surface area contributed by atoms with Crippen molar-refractivity contribution in [1.82, 2.24) is 0 Å². The van der Waals surface area contributed by atoms with Gasteiger partial charge in [0.15, 0.2) is 0 Å². The molecule has 0 unspecified atom stereocenters. The molecule has 3 nitrogen and oxygen atoms in total. The first-order valence-corrected chi connectivity index (χ1v) is 7.77. The third-order valence-electron chi connectivity index (χ3n) is 3.16. The van der Waals surface area contributed by atoms with Crippen LogP contribution in [0.2, 0.25) is 0 Å². The summed E-state index contributed by atoms with van der Waals surface area (Å²) in [6.45, 7) is 0.483. The second kappa shape index (κ2) is 6.06. The van der Waals surface area contributed by atoms with Crippen LogP contribution in [-0.2, 0) is 6.61 Å². The van der Waals surface area contributed by atoms with Crippen LogP contribution >= 0.6 is 11.8 Å². The third kappa shape index (κ3) is 3.28. The van der Waals surface area contributed by atoms with E-state index in [2.05, 4.69) is 12.1 Å². The Kier molecular flexibility index (Phi) is 3.97. The maximum Gasteiger partial charge on any atom is 0.336 e. The number of ether oxygens (including phenoxy) is 1. The van der Waals surface area contributed by atoms with Gasteiger partial charge in [-0.3, -0.25) is 0 Å². The van der Waals surface area contributed by atoms with Gasteiger partial charge < -0.3 is 9.15 Å². The number of thioether (sulfide) groups is 1. The highest BCUT2D eigenvalue weighted by atomic mass is 32.2. The molecule has 0 N–H and O–H groups in total. The molecule has 4 heteroatoms. The van der Waals surface area contributed by atoms with Crippen LogP contribution in [0.3, 0.4) is 0 Å². The van der Waals surface area contributed by atoms with E-state index in [1.54, 1.807) is 23.9 Å². The quantitative estimate of drug-likeness (QED) is 0.537. The molecule has 3 rings (SSSR count). The summed E-state index contributed by atoms with van der Waals surface area (Å²) in [5, 5.41) is 0.881. The Labute approximate surface area is 126 Å². The number of fused-ring (bicyclic) bond motifs is 1. The Bertz CT molecular complexity index is 806. The lowest BCUT2D eigenvalue weighted by Crippen LogP contribution is -1.97. The average molecular weight is 298 g/mol. The minimum atomic E-state index is -0.354. The minimum absolute atomic E-state index is 0.354. The van der Waals surface area contributed by atoms with Crippen molar-refractivity contribution >= 4 is 22.7 Å². The van der Waals surface area contributed by atoms with Gasteiger partial charge in [0.2, 0.25) is 0 Å². The van der Waals surface area contributed by atoms with Crippen LogP contribution in [0.15, 0.2) is 68.7 Å². The largest absolute Gasteiger partial charge is 0.489 e. The van der Waals surface area contributed by atoms with Gasteiger partial charge in [-0.05, 0) is 42.2 Å². The van der Waals surface area contributed by atoms with Gasteiger partial charge in [-0.25, -0.2) is 4.79 Å². The molecule has 0 aliphatic heterocycles. The van der Waals surface area contributed by atoms with Crippen LogP contribution in [-0.4, -0.2) is 6.26 Å². The summed E-state index contributed by atoms with van der Waals surface area (Å²) in [6.07, 6.45) is 2.05. The molecule has 1 heterocycles. The summed E-state index contributed by atoms with van der Waals surface area (Å²) >= 11 is 1.71. The van der Waals surface area contributed by atoms with Gasteiger partial charge in [0, 0.05) is 22.4 Å². The van der Waals surface area contributed by atoms with Crippen molar-refractivity contribution in [3.05, 3.63) is 70.6 Å². The van der Waals surface area contributed by atoms with E-state index in [9.17, 15) is 4.79 Å². The molecular formula is C17H14O3S. The molecular weight excluding hydrogens is 284 g/mol. The standard InChI is InChI=1S/C17H14O3S/c1-21-15-7-2-12(3-8-15)11-19-14-6-4-13-5-9-17(18)20-16(13)10-14/h2-10H,11H2,1H3. The fraction of sp³-hybridized carbons (Fsp3) is 0.118. The molecule has 0 fully saturated rings. The summed E-state index contributed by atoms with van der Waals surface area (Å²) in [7, 11) is 0. The van der Waals surface area contributed by atoms with Crippen molar-refractivity contribution in [1.29, 1.82) is 0 Å². The predicted molar refractivity (Wildman–Crippen MR) is 85.0 cm³/mol. The zero-order valence-corrected chi connectivity index (χ0v) is 12.4. The van der Waals surface area contributed by atoms with Crippen LogP contribution in [0.4, 0.5) is 0 Å². The predicted octanol–water partition coefficient (Wildman–Crippen LogP) is 4.09. The van der Waals surface area contributed by atoms with Crippen molar-refractivity contribution in [2.45, 2.75) is 11.5 Å². The van der Waals surface area contributed by atoms with Crippen LogP contribution in [0.5, 0.6) is 5.75 Å². The Balaban J connectivity index is 1.76. The van der Waals surface area contributed by atoms with Crippen LogP contribution in [0, 0.1) is 0 Å². The van der Waals surface area contributed by atoms with Crippen LogP contribution in [0.1, 0.15) is 5.56 Å². The molecule has 0 aliphatic rings. The lowest BCUT2D eigenvalue weighted by molar-refractivity contribution is 0.306. The maximum atomic E-state index is 11.2. The van der Waals surface area contributed by atoms with Gasteiger partial charge in [-0.15, -0.1) is 11.8 Å². The van der Waals surface area contributed by atoms with E-state index in [1.165, 1.54) is 11.0 Å². The lowest BCUT2D eigenvalue weighted by Gasteiger charge is -2.07. The molecule has 0 spiro atoms. The Morgan fingerprint density at radius 1 is 1.05 bits per heavy atom. The molecule has 2 aromatic carbocycles. The summed E-state index contributed by atoms with van der Waals surface area (Å²) in [4.78, 5) is 12.5. The molecule has 1 aromatic heterocycles. The molecule has 0 saturated heterocycles. The Hall–Kier alpha value is -2.20. The molecule has 0 amide bonds. The number of rotatable bonds is 4. The first-order chi connectivity index (χ1) is 10.2. The summed E-state index contributed by atoms with van der Waals surface area (Å²) in [6, 6.07) is 16.9. The molecule has 0 aliphatic carbocycles. The third-order valence-corrected chi connectivity index (χ3v) is 3.90. The Morgan fingerprint density at radius 3 is 2.57 bits per heavy atom. The molecule has 0 atom stereocenters. The minimum Gasteiger partial charge on any atom is -0.489 e. The van der Waals surface area contributed by atoms with Gasteiger partial charge in [0.25, 0.3) is 0 Å². The van der Waals surface area contributed by atoms with E-state index in [-0.39, 0.29) is 5.63 Å². The zero-order chi connectivity index (χ0) is 14.7. The smallest absolute Gasteiger partial charge is 0.336 e. The lowest BCUT2D eigenvalue weighted by atomic mass is 10.2.